The number of aromatic carboxylic acids is 1. The van der Waals surface area contributed by atoms with Crippen molar-refractivity contribution in [2.75, 3.05) is 13.7 Å². The fourth-order valence-corrected chi connectivity index (χ4v) is 4.95. The first-order chi connectivity index (χ1) is 22.2. The van der Waals surface area contributed by atoms with Gasteiger partial charge >= 0.3 is 5.97 Å². The molecule has 14 heteroatoms. The van der Waals surface area contributed by atoms with Crippen LogP contribution in [0, 0.1) is 23.3 Å². The molecule has 0 aliphatic carbocycles. The van der Waals surface area contributed by atoms with Crippen molar-refractivity contribution in [2.24, 2.45) is 0 Å². The third kappa shape index (κ3) is 6.02. The number of aromatic nitrogens is 6. The second kappa shape index (κ2) is 12.8. The van der Waals surface area contributed by atoms with Gasteiger partial charge in [0.05, 0.1) is 41.5 Å². The maximum Gasteiger partial charge on any atom is 0.335 e. The Hall–Kier alpha value is -5.63. The van der Waals surface area contributed by atoms with E-state index in [0.717, 1.165) is 23.4 Å². The SMILES string of the molecule is COCCn1c(Cc2c(F)cc(-c3cccc(OCc4ccc(-n5ccnn5)cc4)n3)c(F)c2F)nc2c(F)cc(C(=O)O)cc21. The molecular formula is C32H24F4N6O4. The van der Waals surface area contributed by atoms with E-state index in [1.54, 1.807) is 17.1 Å². The van der Waals surface area contributed by atoms with Gasteiger partial charge in [-0.15, -0.1) is 5.10 Å². The number of carbonyl (C=O) groups is 1. The van der Waals surface area contributed by atoms with Gasteiger partial charge < -0.3 is 19.1 Å². The summed E-state index contributed by atoms with van der Waals surface area (Å²) >= 11 is 0. The number of halogens is 4. The number of pyridine rings is 1. The lowest BCUT2D eigenvalue weighted by Gasteiger charge is -2.13. The highest BCUT2D eigenvalue weighted by Gasteiger charge is 2.24. The average molecular weight is 633 g/mol. The summed E-state index contributed by atoms with van der Waals surface area (Å²) in [6, 6.07) is 14.6. The molecular weight excluding hydrogens is 608 g/mol. The van der Waals surface area contributed by atoms with Gasteiger partial charge in [-0.05, 0) is 42.0 Å². The number of ether oxygens (including phenoxy) is 2. The van der Waals surface area contributed by atoms with Crippen LogP contribution in [-0.4, -0.2) is 54.3 Å². The highest BCUT2D eigenvalue weighted by Crippen LogP contribution is 2.31. The molecule has 0 radical (unpaired) electrons. The molecule has 3 heterocycles. The van der Waals surface area contributed by atoms with Crippen LogP contribution in [0.25, 0.3) is 28.0 Å². The van der Waals surface area contributed by atoms with E-state index >= 15 is 13.2 Å². The fourth-order valence-electron chi connectivity index (χ4n) is 4.95. The molecule has 0 unspecified atom stereocenters. The molecule has 0 bridgehead atoms. The summed E-state index contributed by atoms with van der Waals surface area (Å²) in [5, 5.41) is 17.1. The number of benzene rings is 3. The molecule has 0 spiro atoms. The molecule has 46 heavy (non-hydrogen) atoms. The molecule has 234 valence electrons. The smallest absolute Gasteiger partial charge is 0.335 e. The normalized spacial score (nSPS) is 11.3. The third-order valence-electron chi connectivity index (χ3n) is 7.25. The van der Waals surface area contributed by atoms with E-state index in [-0.39, 0.29) is 53.8 Å². The number of methoxy groups -OCH3 is 1. The van der Waals surface area contributed by atoms with E-state index in [1.807, 2.05) is 24.3 Å². The first kappa shape index (κ1) is 30.4. The molecule has 0 fully saturated rings. The van der Waals surface area contributed by atoms with Crippen molar-refractivity contribution in [3.05, 3.63) is 119 Å². The summed E-state index contributed by atoms with van der Waals surface area (Å²) in [5.41, 5.74) is 0.0485. The van der Waals surface area contributed by atoms with Crippen LogP contribution in [0.3, 0.4) is 0 Å². The minimum absolute atomic E-state index is 0.0127. The molecule has 6 aromatic rings. The lowest BCUT2D eigenvalue weighted by atomic mass is 10.0. The van der Waals surface area contributed by atoms with Crippen molar-refractivity contribution in [3.63, 3.8) is 0 Å². The van der Waals surface area contributed by atoms with Crippen LogP contribution in [-0.2, 0) is 24.3 Å². The van der Waals surface area contributed by atoms with Crippen molar-refractivity contribution in [3.8, 4) is 22.8 Å². The molecule has 3 aromatic heterocycles. The van der Waals surface area contributed by atoms with Gasteiger partial charge in [0.1, 0.15) is 23.8 Å². The summed E-state index contributed by atoms with van der Waals surface area (Å²) in [4.78, 5) is 19.9. The number of hydrogen-bond acceptors (Lipinski definition) is 7. The lowest BCUT2D eigenvalue weighted by molar-refractivity contribution is 0.0696. The number of hydrogen-bond donors (Lipinski definition) is 1. The number of rotatable bonds is 11. The molecule has 6 rings (SSSR count). The lowest BCUT2D eigenvalue weighted by Crippen LogP contribution is -2.11. The van der Waals surface area contributed by atoms with E-state index in [4.69, 9.17) is 9.47 Å². The topological polar surface area (TPSA) is 117 Å². The molecule has 0 aliphatic heterocycles. The largest absolute Gasteiger partial charge is 0.478 e. The number of imidazole rings is 1. The molecule has 0 saturated carbocycles. The Balaban J connectivity index is 1.26. The van der Waals surface area contributed by atoms with Crippen LogP contribution in [0.15, 0.2) is 73.1 Å². The maximum atomic E-state index is 15.5. The predicted octanol–water partition coefficient (Wildman–Crippen LogP) is 5.75. The Kier molecular flexibility index (Phi) is 8.44. The monoisotopic (exact) mass is 632 g/mol. The van der Waals surface area contributed by atoms with Gasteiger partial charge in [-0.3, -0.25) is 0 Å². The maximum absolute atomic E-state index is 15.5. The van der Waals surface area contributed by atoms with Crippen LogP contribution in [0.5, 0.6) is 5.88 Å². The van der Waals surface area contributed by atoms with Crippen LogP contribution in [0.4, 0.5) is 17.6 Å². The average Bonchev–Trinajstić information content (AvgIpc) is 3.72. The quantitative estimate of drug-likeness (QED) is 0.142. The van der Waals surface area contributed by atoms with Crippen LogP contribution in [0.2, 0.25) is 0 Å². The van der Waals surface area contributed by atoms with Crippen molar-refractivity contribution in [2.45, 2.75) is 19.6 Å². The van der Waals surface area contributed by atoms with E-state index in [9.17, 15) is 14.3 Å². The van der Waals surface area contributed by atoms with E-state index in [1.165, 1.54) is 35.9 Å². The van der Waals surface area contributed by atoms with Crippen molar-refractivity contribution in [1.82, 2.24) is 29.5 Å². The minimum atomic E-state index is -1.47. The first-order valence-corrected chi connectivity index (χ1v) is 13.9. The zero-order valence-corrected chi connectivity index (χ0v) is 24.1. The Labute approximate surface area is 258 Å². The predicted molar refractivity (Wildman–Crippen MR) is 157 cm³/mol. The van der Waals surface area contributed by atoms with Gasteiger partial charge in [0.15, 0.2) is 17.5 Å². The summed E-state index contributed by atoms with van der Waals surface area (Å²) in [6.07, 6.45) is 2.71. The van der Waals surface area contributed by atoms with Gasteiger partial charge in [-0.1, -0.05) is 23.4 Å². The molecule has 3 aromatic carbocycles. The van der Waals surface area contributed by atoms with Crippen molar-refractivity contribution >= 4 is 17.0 Å². The summed E-state index contributed by atoms with van der Waals surface area (Å²) in [5.74, 6) is -6.08. The highest BCUT2D eigenvalue weighted by molar-refractivity contribution is 5.92. The third-order valence-corrected chi connectivity index (χ3v) is 7.25. The Morgan fingerprint density at radius 1 is 0.957 bits per heavy atom. The summed E-state index contributed by atoms with van der Waals surface area (Å²) < 4.78 is 75.0. The molecule has 0 aliphatic rings. The number of carboxylic acids is 1. The zero-order valence-electron chi connectivity index (χ0n) is 24.1. The minimum Gasteiger partial charge on any atom is -0.478 e. The van der Waals surface area contributed by atoms with Crippen molar-refractivity contribution in [1.29, 1.82) is 0 Å². The van der Waals surface area contributed by atoms with Crippen LogP contribution >= 0.6 is 0 Å². The Morgan fingerprint density at radius 2 is 1.76 bits per heavy atom. The second-order valence-corrected chi connectivity index (χ2v) is 10.2. The molecule has 10 nitrogen and oxygen atoms in total. The Morgan fingerprint density at radius 3 is 2.48 bits per heavy atom. The second-order valence-electron chi connectivity index (χ2n) is 10.2. The summed E-state index contributed by atoms with van der Waals surface area (Å²) in [6.45, 7) is 0.294. The fraction of sp³-hybridized carbons (Fsp3) is 0.156. The van der Waals surface area contributed by atoms with Gasteiger partial charge in [0, 0.05) is 37.3 Å². The highest BCUT2D eigenvalue weighted by atomic mass is 19.2. The van der Waals surface area contributed by atoms with Crippen LogP contribution in [0.1, 0.15) is 27.3 Å². The Bertz CT molecular complexity index is 2050. The first-order valence-electron chi connectivity index (χ1n) is 13.9. The van der Waals surface area contributed by atoms with Gasteiger partial charge in [-0.25, -0.2) is 37.0 Å². The number of fused-ring (bicyclic) bond motifs is 1. The van der Waals surface area contributed by atoms with Gasteiger partial charge in [0.2, 0.25) is 5.88 Å². The standard InChI is InChI=1S/C32H24F4N6O4/c1-45-12-11-41-26-14-19(32(43)44)13-24(34)31(26)39-27(41)16-21-23(33)15-22(30(36)29(21)35)25-3-2-4-28(38-25)46-17-18-5-7-20(8-6-18)42-10-9-37-40-42/h2-10,13-15H,11-12,16-17H2,1H3,(H,43,44). The molecule has 0 saturated heterocycles. The van der Waals surface area contributed by atoms with Gasteiger partial charge in [0.25, 0.3) is 0 Å². The van der Waals surface area contributed by atoms with E-state index in [2.05, 4.69) is 20.3 Å². The molecule has 0 atom stereocenters. The van der Waals surface area contributed by atoms with E-state index < -0.39 is 46.8 Å². The molecule has 1 N–H and O–H groups in total. The van der Waals surface area contributed by atoms with Crippen LogP contribution < -0.4 is 4.74 Å². The molecule has 0 amide bonds. The van der Waals surface area contributed by atoms with E-state index in [0.29, 0.717) is 0 Å². The number of carboxylic acid groups (broad SMARTS) is 1. The van der Waals surface area contributed by atoms with Gasteiger partial charge in [-0.2, -0.15) is 0 Å². The number of nitrogens with zero attached hydrogens (tertiary/aromatic N) is 6. The zero-order chi connectivity index (χ0) is 32.4. The van der Waals surface area contributed by atoms with Crippen molar-refractivity contribution < 1.29 is 36.9 Å². The summed E-state index contributed by atoms with van der Waals surface area (Å²) in [7, 11) is 1.42.